The van der Waals surface area contributed by atoms with Crippen molar-refractivity contribution in [1.29, 1.82) is 0 Å². The molecule has 0 N–H and O–H groups in total. The van der Waals surface area contributed by atoms with E-state index in [1.807, 2.05) is 23.3 Å². The van der Waals surface area contributed by atoms with Crippen LogP contribution in [0.25, 0.3) is 0 Å². The number of ether oxygens (including phenoxy) is 1. The summed E-state index contributed by atoms with van der Waals surface area (Å²) in [6.07, 6.45) is 4.43. The number of halogens is 1. The van der Waals surface area contributed by atoms with Gasteiger partial charge < -0.3 is 9.30 Å². The monoisotopic (exact) mass is 336 g/mol. The van der Waals surface area contributed by atoms with Gasteiger partial charge in [-0.1, -0.05) is 0 Å². The van der Waals surface area contributed by atoms with Gasteiger partial charge in [-0.2, -0.15) is 11.8 Å². The van der Waals surface area contributed by atoms with E-state index >= 15 is 0 Å². The smallest absolute Gasteiger partial charge is 0.280 e. The Morgan fingerprint density at radius 2 is 2.40 bits per heavy atom. The van der Waals surface area contributed by atoms with E-state index in [0.717, 1.165) is 30.8 Å². The van der Waals surface area contributed by atoms with Crippen LogP contribution in [0.5, 0.6) is 0 Å². The van der Waals surface area contributed by atoms with Gasteiger partial charge in [-0.3, -0.25) is 0 Å². The second kappa shape index (κ2) is 5.19. The lowest BCUT2D eigenvalue weighted by Gasteiger charge is -2.38. The van der Waals surface area contributed by atoms with Crippen molar-refractivity contribution in [2.75, 3.05) is 18.1 Å². The SMILES string of the molecule is Cc1nc(S(=O)(=O)Cl)cn1C1CCOC2(CCSC2)C1. The first-order valence-corrected chi connectivity index (χ1v) is 10.1. The second-order valence-electron chi connectivity index (χ2n) is 5.45. The first-order valence-electron chi connectivity index (χ1n) is 6.61. The largest absolute Gasteiger partial charge is 0.374 e. The lowest BCUT2D eigenvalue weighted by atomic mass is 9.89. The number of imidazole rings is 1. The number of rotatable bonds is 2. The highest BCUT2D eigenvalue weighted by molar-refractivity contribution is 8.13. The molecule has 2 aliphatic heterocycles. The summed E-state index contributed by atoms with van der Waals surface area (Å²) in [7, 11) is 1.61. The van der Waals surface area contributed by atoms with Crippen molar-refractivity contribution in [1.82, 2.24) is 9.55 Å². The molecule has 2 unspecified atom stereocenters. The molecule has 20 heavy (non-hydrogen) atoms. The Hall–Kier alpha value is -0.240. The average Bonchev–Trinajstić information content (AvgIpc) is 2.96. The van der Waals surface area contributed by atoms with Crippen LogP contribution in [0.15, 0.2) is 11.2 Å². The fourth-order valence-electron chi connectivity index (χ4n) is 3.05. The van der Waals surface area contributed by atoms with Crippen molar-refractivity contribution in [3.8, 4) is 0 Å². The standard InChI is InChI=1S/C12H17ClN2O3S2/c1-9-14-11(20(13,16)17)7-15(9)10-2-4-18-12(6-10)3-5-19-8-12/h7,10H,2-6,8H2,1H3. The van der Waals surface area contributed by atoms with Crippen molar-refractivity contribution in [2.45, 2.75) is 42.9 Å². The number of thioether (sulfide) groups is 1. The van der Waals surface area contributed by atoms with E-state index < -0.39 is 9.05 Å². The summed E-state index contributed by atoms with van der Waals surface area (Å²) in [5.74, 6) is 2.85. The van der Waals surface area contributed by atoms with Gasteiger partial charge in [-0.05, 0) is 31.9 Å². The molecule has 0 saturated carbocycles. The molecule has 0 amide bonds. The van der Waals surface area contributed by atoms with Gasteiger partial charge in [-0.15, -0.1) is 0 Å². The molecule has 0 bridgehead atoms. The van der Waals surface area contributed by atoms with Gasteiger partial charge >= 0.3 is 0 Å². The first kappa shape index (κ1) is 14.7. The van der Waals surface area contributed by atoms with Crippen molar-refractivity contribution >= 4 is 31.5 Å². The van der Waals surface area contributed by atoms with Gasteiger partial charge in [0.25, 0.3) is 9.05 Å². The number of hydrogen-bond acceptors (Lipinski definition) is 5. The summed E-state index contributed by atoms with van der Waals surface area (Å²) >= 11 is 1.92. The Bertz CT molecular complexity index is 608. The van der Waals surface area contributed by atoms with Gasteiger partial charge in [0.15, 0.2) is 5.03 Å². The van der Waals surface area contributed by atoms with Crippen LogP contribution in [0, 0.1) is 6.92 Å². The molecule has 2 fully saturated rings. The van der Waals surface area contributed by atoms with Gasteiger partial charge in [-0.25, -0.2) is 13.4 Å². The minimum Gasteiger partial charge on any atom is -0.374 e. The van der Waals surface area contributed by atoms with Crippen LogP contribution in [0.1, 0.15) is 31.1 Å². The maximum Gasteiger partial charge on any atom is 0.280 e. The Balaban J connectivity index is 1.87. The molecule has 0 aromatic carbocycles. The Labute approximate surface area is 127 Å². The minimum absolute atomic E-state index is 0.0374. The average molecular weight is 337 g/mol. The van der Waals surface area contributed by atoms with Crippen LogP contribution < -0.4 is 0 Å². The summed E-state index contributed by atoms with van der Waals surface area (Å²) in [6, 6.07) is 0.238. The molecule has 1 spiro atoms. The van der Waals surface area contributed by atoms with Gasteiger partial charge in [0.05, 0.1) is 5.60 Å². The van der Waals surface area contributed by atoms with Crippen LogP contribution >= 0.6 is 22.4 Å². The summed E-state index contributed by atoms with van der Waals surface area (Å²) < 4.78 is 30.7. The topological polar surface area (TPSA) is 61.2 Å². The zero-order valence-corrected chi connectivity index (χ0v) is 13.6. The Morgan fingerprint density at radius 3 is 3.00 bits per heavy atom. The van der Waals surface area contributed by atoms with E-state index in [9.17, 15) is 8.42 Å². The van der Waals surface area contributed by atoms with Crippen molar-refractivity contribution in [2.24, 2.45) is 0 Å². The van der Waals surface area contributed by atoms with Crippen molar-refractivity contribution in [3.05, 3.63) is 12.0 Å². The second-order valence-corrected chi connectivity index (χ2v) is 9.07. The van der Waals surface area contributed by atoms with Gasteiger partial charge in [0, 0.05) is 35.3 Å². The predicted molar refractivity (Wildman–Crippen MR) is 78.9 cm³/mol. The molecule has 8 heteroatoms. The quantitative estimate of drug-likeness (QED) is 0.776. The molecule has 1 aromatic heterocycles. The zero-order valence-electron chi connectivity index (χ0n) is 11.2. The normalized spacial score (nSPS) is 31.0. The molecule has 3 rings (SSSR count). The van der Waals surface area contributed by atoms with Crippen LogP contribution in [0.4, 0.5) is 0 Å². The molecule has 2 aliphatic rings. The number of aromatic nitrogens is 2. The minimum atomic E-state index is -3.77. The fourth-order valence-corrected chi connectivity index (χ4v) is 5.13. The van der Waals surface area contributed by atoms with Crippen molar-refractivity contribution < 1.29 is 13.2 Å². The number of aryl methyl sites for hydroxylation is 1. The molecule has 112 valence electrons. The lowest BCUT2D eigenvalue weighted by molar-refractivity contribution is -0.0764. The van der Waals surface area contributed by atoms with Crippen LogP contribution in [-0.2, 0) is 13.8 Å². The molecule has 1 aromatic rings. The Kier molecular flexibility index (Phi) is 3.81. The third-order valence-corrected chi connectivity index (χ3v) is 6.47. The van der Waals surface area contributed by atoms with E-state index in [1.165, 1.54) is 0 Å². The number of hydrogen-bond donors (Lipinski definition) is 0. The van der Waals surface area contributed by atoms with Crippen LogP contribution in [0.3, 0.4) is 0 Å². The van der Waals surface area contributed by atoms with Crippen LogP contribution in [0.2, 0.25) is 0 Å². The predicted octanol–water partition coefficient (Wildman–Crippen LogP) is 2.35. The lowest BCUT2D eigenvalue weighted by Crippen LogP contribution is -2.40. The molecule has 5 nitrogen and oxygen atoms in total. The molecular formula is C12H17ClN2O3S2. The number of nitrogens with zero attached hydrogens (tertiary/aromatic N) is 2. The highest BCUT2D eigenvalue weighted by atomic mass is 35.7. The maximum atomic E-state index is 11.4. The molecule has 0 aliphatic carbocycles. The first-order chi connectivity index (χ1) is 9.40. The summed E-state index contributed by atoms with van der Waals surface area (Å²) in [4.78, 5) is 4.07. The molecule has 0 radical (unpaired) electrons. The third kappa shape index (κ3) is 2.73. The van der Waals surface area contributed by atoms with Gasteiger partial charge in [0.2, 0.25) is 0 Å². The van der Waals surface area contributed by atoms with E-state index in [4.69, 9.17) is 15.4 Å². The summed E-state index contributed by atoms with van der Waals surface area (Å²) in [5.41, 5.74) is -0.0374. The van der Waals surface area contributed by atoms with E-state index in [0.29, 0.717) is 12.4 Å². The van der Waals surface area contributed by atoms with Gasteiger partial charge in [0.1, 0.15) is 5.82 Å². The molecule has 3 heterocycles. The van der Waals surface area contributed by atoms with Crippen molar-refractivity contribution in [3.63, 3.8) is 0 Å². The summed E-state index contributed by atoms with van der Waals surface area (Å²) in [5, 5.41) is -0.0574. The van der Waals surface area contributed by atoms with E-state index in [1.54, 1.807) is 6.20 Å². The third-order valence-electron chi connectivity index (χ3n) is 4.07. The highest BCUT2D eigenvalue weighted by Gasteiger charge is 2.41. The zero-order chi connectivity index (χ0) is 14.4. The summed E-state index contributed by atoms with van der Waals surface area (Å²) in [6.45, 7) is 2.53. The molecular weight excluding hydrogens is 320 g/mol. The van der Waals surface area contributed by atoms with E-state index in [-0.39, 0.29) is 16.7 Å². The highest BCUT2D eigenvalue weighted by Crippen LogP contribution is 2.42. The Morgan fingerprint density at radius 1 is 1.60 bits per heavy atom. The maximum absolute atomic E-state index is 11.4. The fraction of sp³-hybridized carbons (Fsp3) is 0.750. The van der Waals surface area contributed by atoms with E-state index in [2.05, 4.69) is 4.98 Å². The molecule has 2 atom stereocenters. The van der Waals surface area contributed by atoms with Crippen LogP contribution in [-0.4, -0.2) is 41.7 Å². The molecule has 2 saturated heterocycles.